The maximum Gasteiger partial charge on any atom is 0.210 e. The third-order valence-corrected chi connectivity index (χ3v) is 6.38. The zero-order valence-electron chi connectivity index (χ0n) is 19.4. The number of nitrogens with zero attached hydrogens (tertiary/aromatic N) is 1. The summed E-state index contributed by atoms with van der Waals surface area (Å²) in [6, 6.07) is 24.6. The van der Waals surface area contributed by atoms with Crippen molar-refractivity contribution in [2.45, 2.75) is 32.7 Å². The van der Waals surface area contributed by atoms with Crippen molar-refractivity contribution < 1.29 is 19.4 Å². The molecule has 5 nitrogen and oxygen atoms in total. The van der Waals surface area contributed by atoms with Crippen molar-refractivity contribution in [1.82, 2.24) is 4.98 Å². The van der Waals surface area contributed by atoms with Gasteiger partial charge in [0.05, 0.1) is 23.4 Å². The Bertz CT molecular complexity index is 1460. The van der Waals surface area contributed by atoms with Crippen LogP contribution in [0, 0.1) is 0 Å². The molecule has 176 valence electrons. The molecule has 1 aliphatic rings. The van der Waals surface area contributed by atoms with E-state index in [0.717, 1.165) is 22.2 Å². The van der Waals surface area contributed by atoms with E-state index < -0.39 is 5.60 Å². The maximum atomic E-state index is 13.2. The normalized spacial score (nSPS) is 14.9. The van der Waals surface area contributed by atoms with Crippen LogP contribution in [0.1, 0.15) is 36.2 Å². The van der Waals surface area contributed by atoms with Crippen molar-refractivity contribution in [3.05, 3.63) is 106 Å². The van der Waals surface area contributed by atoms with Crippen LogP contribution in [0.4, 0.5) is 0 Å². The standard InChI is InChI=1S/C29H24ClNO4/c1-29(2)28(33)26(27(35-29)20-7-8-21(16-32)24(30)15-20)19-10-13-23(14-11-19)34-17-22-12-9-18-5-3-4-6-25(18)31-22/h3-15,32H,16-17H2,1-2H3. The highest BCUT2D eigenvalue weighted by atomic mass is 35.5. The summed E-state index contributed by atoms with van der Waals surface area (Å²) in [5, 5.41) is 10.9. The second-order valence-electron chi connectivity index (χ2n) is 8.92. The molecule has 1 aliphatic heterocycles. The summed E-state index contributed by atoms with van der Waals surface area (Å²) in [7, 11) is 0. The molecule has 3 aromatic carbocycles. The number of halogens is 1. The Morgan fingerprint density at radius 2 is 1.71 bits per heavy atom. The summed E-state index contributed by atoms with van der Waals surface area (Å²) < 4.78 is 12.0. The summed E-state index contributed by atoms with van der Waals surface area (Å²) in [4.78, 5) is 17.9. The number of ether oxygens (including phenoxy) is 2. The molecule has 5 rings (SSSR count). The number of pyridine rings is 1. The van der Waals surface area contributed by atoms with Gasteiger partial charge in [-0.15, -0.1) is 0 Å². The predicted molar refractivity (Wildman–Crippen MR) is 137 cm³/mol. The molecule has 1 aromatic heterocycles. The minimum absolute atomic E-state index is 0.108. The minimum atomic E-state index is -0.996. The highest BCUT2D eigenvalue weighted by Crippen LogP contribution is 2.42. The maximum absolute atomic E-state index is 13.2. The highest BCUT2D eigenvalue weighted by Gasteiger charge is 2.42. The molecule has 0 radical (unpaired) electrons. The van der Waals surface area contributed by atoms with Crippen LogP contribution in [0.25, 0.3) is 22.2 Å². The molecule has 0 spiro atoms. The number of carbonyl (C=O) groups excluding carboxylic acids is 1. The van der Waals surface area contributed by atoms with Crippen molar-refractivity contribution in [2.24, 2.45) is 0 Å². The lowest BCUT2D eigenvalue weighted by atomic mass is 9.92. The highest BCUT2D eigenvalue weighted by molar-refractivity contribution is 6.33. The predicted octanol–water partition coefficient (Wildman–Crippen LogP) is 6.21. The number of carbonyl (C=O) groups is 1. The Kier molecular flexibility index (Phi) is 6.05. The van der Waals surface area contributed by atoms with Crippen LogP contribution in [-0.2, 0) is 22.7 Å². The van der Waals surface area contributed by atoms with E-state index in [-0.39, 0.29) is 12.4 Å². The largest absolute Gasteiger partial charge is 0.487 e. The molecular weight excluding hydrogens is 462 g/mol. The van der Waals surface area contributed by atoms with Crippen molar-refractivity contribution in [3.8, 4) is 5.75 Å². The zero-order chi connectivity index (χ0) is 24.6. The SMILES string of the molecule is CC1(C)OC(c2ccc(CO)c(Cl)c2)=C(c2ccc(OCc3ccc4ccccc4n3)cc2)C1=O. The van der Waals surface area contributed by atoms with E-state index in [9.17, 15) is 9.90 Å². The van der Waals surface area contributed by atoms with Crippen LogP contribution < -0.4 is 4.74 Å². The average molecular weight is 486 g/mol. The first-order chi connectivity index (χ1) is 16.9. The Labute approximate surface area is 208 Å². The number of rotatable bonds is 6. The van der Waals surface area contributed by atoms with Gasteiger partial charge in [-0.25, -0.2) is 4.98 Å². The van der Waals surface area contributed by atoms with Gasteiger partial charge >= 0.3 is 0 Å². The Morgan fingerprint density at radius 1 is 0.971 bits per heavy atom. The zero-order valence-corrected chi connectivity index (χ0v) is 20.2. The van der Waals surface area contributed by atoms with Crippen molar-refractivity contribution >= 4 is 39.6 Å². The first kappa shape index (κ1) is 23.1. The van der Waals surface area contributed by atoms with Crippen molar-refractivity contribution in [2.75, 3.05) is 0 Å². The van der Waals surface area contributed by atoms with Crippen molar-refractivity contribution in [1.29, 1.82) is 0 Å². The molecule has 0 aliphatic carbocycles. The monoisotopic (exact) mass is 485 g/mol. The van der Waals surface area contributed by atoms with Crippen LogP contribution in [0.15, 0.2) is 78.9 Å². The van der Waals surface area contributed by atoms with Gasteiger partial charge in [-0.2, -0.15) is 0 Å². The number of aliphatic hydroxyl groups is 1. The van der Waals surface area contributed by atoms with Gasteiger partial charge in [-0.3, -0.25) is 4.79 Å². The number of Topliss-reactive ketones (excluding diaryl/α,β-unsaturated/α-hetero) is 1. The summed E-state index contributed by atoms with van der Waals surface area (Å²) >= 11 is 6.30. The molecule has 0 unspecified atom stereocenters. The number of fused-ring (bicyclic) bond motifs is 1. The van der Waals surface area contributed by atoms with Gasteiger partial charge in [-0.05, 0) is 55.3 Å². The van der Waals surface area contributed by atoms with Gasteiger partial charge < -0.3 is 14.6 Å². The summed E-state index contributed by atoms with van der Waals surface area (Å²) in [6.45, 7) is 3.68. The lowest BCUT2D eigenvalue weighted by molar-refractivity contribution is -0.125. The molecule has 1 N–H and O–H groups in total. The number of hydrogen-bond acceptors (Lipinski definition) is 5. The fraction of sp³-hybridized carbons (Fsp3) is 0.172. The van der Waals surface area contributed by atoms with Gasteiger partial charge in [0, 0.05) is 16.0 Å². The molecule has 0 bridgehead atoms. The van der Waals surface area contributed by atoms with Crippen LogP contribution >= 0.6 is 11.6 Å². The molecular formula is C29H24ClNO4. The topological polar surface area (TPSA) is 68.7 Å². The molecule has 4 aromatic rings. The number of hydrogen-bond donors (Lipinski definition) is 1. The van der Waals surface area contributed by atoms with E-state index in [1.54, 1.807) is 32.0 Å². The number of aromatic nitrogens is 1. The van der Waals surface area contributed by atoms with Gasteiger partial charge in [0.1, 0.15) is 18.1 Å². The minimum Gasteiger partial charge on any atom is -0.487 e. The van der Waals surface area contributed by atoms with Crippen molar-refractivity contribution in [3.63, 3.8) is 0 Å². The Morgan fingerprint density at radius 3 is 2.46 bits per heavy atom. The number of ketones is 1. The lowest BCUT2D eigenvalue weighted by Crippen LogP contribution is -2.29. The fourth-order valence-electron chi connectivity index (χ4n) is 4.10. The van der Waals surface area contributed by atoms with Gasteiger partial charge in [-0.1, -0.05) is 60.1 Å². The molecule has 0 amide bonds. The second kappa shape index (κ2) is 9.17. The molecule has 2 heterocycles. The first-order valence-corrected chi connectivity index (χ1v) is 11.7. The quantitative estimate of drug-likeness (QED) is 0.352. The van der Waals surface area contributed by atoms with E-state index in [0.29, 0.717) is 39.8 Å². The second-order valence-corrected chi connectivity index (χ2v) is 9.33. The molecule has 0 atom stereocenters. The van der Waals surface area contributed by atoms with Crippen LogP contribution in [0.3, 0.4) is 0 Å². The average Bonchev–Trinajstić information content (AvgIpc) is 3.11. The third-order valence-electron chi connectivity index (χ3n) is 6.03. The van der Waals surface area contributed by atoms with E-state index in [1.807, 2.05) is 60.7 Å². The third kappa shape index (κ3) is 4.53. The number of aliphatic hydroxyl groups excluding tert-OH is 1. The summed E-state index contributed by atoms with van der Waals surface area (Å²) in [6.07, 6.45) is 0. The van der Waals surface area contributed by atoms with Crippen LogP contribution in [0.2, 0.25) is 5.02 Å². The first-order valence-electron chi connectivity index (χ1n) is 11.3. The fourth-order valence-corrected chi connectivity index (χ4v) is 4.34. The Balaban J connectivity index is 1.41. The van der Waals surface area contributed by atoms with E-state index in [4.69, 9.17) is 21.1 Å². The molecule has 0 saturated heterocycles. The summed E-state index contributed by atoms with van der Waals surface area (Å²) in [5.41, 5.74) is 3.29. The smallest absolute Gasteiger partial charge is 0.210 e. The van der Waals surface area contributed by atoms with Gasteiger partial charge in [0.2, 0.25) is 5.78 Å². The lowest BCUT2D eigenvalue weighted by Gasteiger charge is -2.18. The molecule has 6 heteroatoms. The number of para-hydroxylation sites is 1. The Hall–Kier alpha value is -3.67. The number of benzene rings is 3. The van der Waals surface area contributed by atoms with Crippen LogP contribution in [-0.4, -0.2) is 21.5 Å². The molecule has 0 saturated carbocycles. The molecule has 0 fully saturated rings. The van der Waals surface area contributed by atoms with Gasteiger partial charge in [0.15, 0.2) is 5.60 Å². The van der Waals surface area contributed by atoms with E-state index >= 15 is 0 Å². The molecule has 35 heavy (non-hydrogen) atoms. The van der Waals surface area contributed by atoms with E-state index in [1.165, 1.54) is 0 Å². The van der Waals surface area contributed by atoms with E-state index in [2.05, 4.69) is 4.98 Å². The van der Waals surface area contributed by atoms with Gasteiger partial charge in [0.25, 0.3) is 0 Å². The summed E-state index contributed by atoms with van der Waals surface area (Å²) in [5.74, 6) is 1.04. The van der Waals surface area contributed by atoms with Crippen LogP contribution in [0.5, 0.6) is 5.75 Å².